The van der Waals surface area contributed by atoms with E-state index in [4.69, 9.17) is 21.3 Å². The summed E-state index contributed by atoms with van der Waals surface area (Å²) in [7, 11) is 2.14. The van der Waals surface area contributed by atoms with Gasteiger partial charge in [0.1, 0.15) is 18.5 Å². The summed E-state index contributed by atoms with van der Waals surface area (Å²) >= 11 is 0. The first-order valence-corrected chi connectivity index (χ1v) is 14.9. The summed E-state index contributed by atoms with van der Waals surface area (Å²) in [5, 5.41) is 1.22. The monoisotopic (exact) mass is 568 g/mol. The van der Waals surface area contributed by atoms with Crippen molar-refractivity contribution in [1.29, 1.82) is 0 Å². The second kappa shape index (κ2) is 11.6. The van der Waals surface area contributed by atoms with Crippen molar-refractivity contribution in [3.8, 4) is 6.01 Å². The average Bonchev–Trinajstić information content (AvgIpc) is 3.63. The number of aryl methyl sites for hydroxylation is 1. The zero-order valence-electron chi connectivity index (χ0n) is 24.9. The minimum Gasteiger partial charge on any atom is -0.462 e. The molecule has 10 nitrogen and oxygen atoms in total. The fraction of sp³-hybridized carbons (Fsp3) is 0.500. The lowest BCUT2D eigenvalue weighted by Crippen LogP contribution is -2.56. The zero-order chi connectivity index (χ0) is 29.4. The summed E-state index contributed by atoms with van der Waals surface area (Å²) in [4.78, 5) is 38.4. The second-order valence-electron chi connectivity index (χ2n) is 11.8. The fourth-order valence-corrected chi connectivity index (χ4v) is 6.81. The number of hydrogen-bond donors (Lipinski definition) is 1. The average molecular weight is 569 g/mol. The predicted molar refractivity (Wildman–Crippen MR) is 165 cm³/mol. The van der Waals surface area contributed by atoms with Crippen LogP contribution in [0.3, 0.4) is 0 Å². The third-order valence-electron chi connectivity index (χ3n) is 9.30. The highest BCUT2D eigenvalue weighted by atomic mass is 16.5. The number of hydrogen-bond acceptors (Lipinski definition) is 7. The number of carbonyl (C=O) groups is 1. The van der Waals surface area contributed by atoms with Gasteiger partial charge in [0.15, 0.2) is 0 Å². The first-order chi connectivity index (χ1) is 20.4. The molecule has 1 aromatic carbocycles. The van der Waals surface area contributed by atoms with Crippen LogP contribution in [-0.4, -0.2) is 95.7 Å². The number of benzene rings is 1. The number of fused-ring (bicyclic) bond motifs is 2. The van der Waals surface area contributed by atoms with Gasteiger partial charge in [-0.1, -0.05) is 6.58 Å². The van der Waals surface area contributed by atoms with E-state index in [0.29, 0.717) is 44.8 Å². The molecule has 6 rings (SSSR count). The molecule has 0 radical (unpaired) electrons. The quantitative estimate of drug-likeness (QED) is 0.343. The molecule has 0 saturated carbocycles. The van der Waals surface area contributed by atoms with E-state index in [1.54, 1.807) is 4.90 Å². The van der Waals surface area contributed by atoms with Gasteiger partial charge in [-0.15, -0.1) is 0 Å². The number of aromatic amines is 1. The van der Waals surface area contributed by atoms with Gasteiger partial charge in [-0.25, -0.2) is 6.57 Å². The van der Waals surface area contributed by atoms with Crippen LogP contribution in [0.4, 0.5) is 11.5 Å². The van der Waals surface area contributed by atoms with Crippen molar-refractivity contribution >= 4 is 28.3 Å². The molecule has 2 saturated heterocycles. The lowest BCUT2D eigenvalue weighted by atomic mass is 9.99. The standard InChI is InChI=1S/C32H40N8O2/c1-6-29(41)40-15-14-39(18-24(40)17-33-4)31-26-10-13-38(30-22(3)21(2)16-27-25(30)9-11-34-27)19-28(26)35-32(36-31)42-20-23-8-7-12-37(23)5/h6,9,11,16,23-24,34H,1,7-8,10,12-15,17-20H2,2-3,5H3/t23-,24-/m0/s1. The van der Waals surface area contributed by atoms with E-state index in [2.05, 4.69) is 64.1 Å². The number of aromatic nitrogens is 3. The molecule has 10 heteroatoms. The number of piperazine rings is 1. The molecule has 1 amide bonds. The summed E-state index contributed by atoms with van der Waals surface area (Å²) < 4.78 is 6.31. The van der Waals surface area contributed by atoms with Crippen LogP contribution in [-0.2, 0) is 17.8 Å². The Balaban J connectivity index is 1.35. The van der Waals surface area contributed by atoms with Crippen LogP contribution in [0.25, 0.3) is 15.7 Å². The second-order valence-corrected chi connectivity index (χ2v) is 11.8. The maximum atomic E-state index is 12.5. The van der Waals surface area contributed by atoms with Crippen molar-refractivity contribution in [3.63, 3.8) is 0 Å². The number of carbonyl (C=O) groups excluding carboxylic acids is 1. The Morgan fingerprint density at radius 2 is 2.07 bits per heavy atom. The summed E-state index contributed by atoms with van der Waals surface area (Å²) in [6, 6.07) is 4.92. The molecule has 2 atom stereocenters. The topological polar surface area (TPSA) is 85.2 Å². The molecule has 3 aliphatic rings. The minimum absolute atomic E-state index is 0.127. The SMILES string of the molecule is [C-]#[N+]C[C@H]1CN(c2nc(OC[C@@H]3CCCN3C)nc3c2CCN(c2c(C)c(C)cc4[nH]ccc24)C3)CCN1C(=O)C=C. The van der Waals surface area contributed by atoms with E-state index in [1.165, 1.54) is 34.7 Å². The first kappa shape index (κ1) is 28.0. The molecule has 1 N–H and O–H groups in total. The van der Waals surface area contributed by atoms with Crippen molar-refractivity contribution in [2.45, 2.75) is 51.7 Å². The molecule has 0 spiro atoms. The van der Waals surface area contributed by atoms with E-state index in [1.807, 2.05) is 6.20 Å². The lowest BCUT2D eigenvalue weighted by Gasteiger charge is -2.41. The highest BCUT2D eigenvalue weighted by Gasteiger charge is 2.35. The van der Waals surface area contributed by atoms with Crippen LogP contribution in [0.1, 0.15) is 35.2 Å². The molecule has 220 valence electrons. The normalized spacial score (nSPS) is 21.0. The van der Waals surface area contributed by atoms with E-state index >= 15 is 0 Å². The Kier molecular flexibility index (Phi) is 7.78. The van der Waals surface area contributed by atoms with Crippen molar-refractivity contribution in [3.05, 3.63) is 64.8 Å². The number of ether oxygens (including phenoxy) is 1. The van der Waals surface area contributed by atoms with Gasteiger partial charge >= 0.3 is 6.01 Å². The summed E-state index contributed by atoms with van der Waals surface area (Å²) in [5.41, 5.74) is 7.06. The minimum atomic E-state index is -0.222. The van der Waals surface area contributed by atoms with Crippen molar-refractivity contribution in [1.82, 2.24) is 24.8 Å². The molecule has 3 aliphatic heterocycles. The summed E-state index contributed by atoms with van der Waals surface area (Å²) in [6.07, 6.45) is 6.44. The van der Waals surface area contributed by atoms with Gasteiger partial charge in [0.05, 0.1) is 12.2 Å². The van der Waals surface area contributed by atoms with Crippen LogP contribution in [0.15, 0.2) is 31.0 Å². The Bertz CT molecular complexity index is 1540. The predicted octanol–water partition coefficient (Wildman–Crippen LogP) is 3.73. The van der Waals surface area contributed by atoms with Crippen molar-refractivity contribution < 1.29 is 9.53 Å². The summed E-state index contributed by atoms with van der Waals surface area (Å²) in [5.74, 6) is 0.751. The van der Waals surface area contributed by atoms with E-state index in [-0.39, 0.29) is 18.5 Å². The number of anilines is 2. The van der Waals surface area contributed by atoms with Gasteiger partial charge < -0.3 is 34.2 Å². The maximum Gasteiger partial charge on any atom is 0.318 e. The lowest BCUT2D eigenvalue weighted by molar-refractivity contribution is -0.128. The van der Waals surface area contributed by atoms with Crippen molar-refractivity contribution in [2.75, 3.05) is 62.7 Å². The molecular weight excluding hydrogens is 528 g/mol. The van der Waals surface area contributed by atoms with E-state index in [9.17, 15) is 4.79 Å². The van der Waals surface area contributed by atoms with Gasteiger partial charge in [0.25, 0.3) is 0 Å². The number of rotatable bonds is 7. The zero-order valence-corrected chi connectivity index (χ0v) is 24.9. The first-order valence-electron chi connectivity index (χ1n) is 14.9. The number of H-pyrrole nitrogens is 1. The van der Waals surface area contributed by atoms with E-state index in [0.717, 1.165) is 48.5 Å². The molecule has 0 aliphatic carbocycles. The Morgan fingerprint density at radius 3 is 2.83 bits per heavy atom. The highest BCUT2D eigenvalue weighted by molar-refractivity contribution is 5.95. The van der Waals surface area contributed by atoms with Gasteiger partial charge in [-0.2, -0.15) is 9.97 Å². The Morgan fingerprint density at radius 1 is 1.21 bits per heavy atom. The Labute approximate surface area is 247 Å². The molecule has 0 unspecified atom stereocenters. The molecular formula is C32H40N8O2. The van der Waals surface area contributed by atoms with Gasteiger partial charge in [0, 0.05) is 60.6 Å². The van der Waals surface area contributed by atoms with Gasteiger partial charge in [-0.05, 0) is 76.0 Å². The van der Waals surface area contributed by atoms with Crippen LogP contribution in [0.5, 0.6) is 6.01 Å². The van der Waals surface area contributed by atoms with Gasteiger partial charge in [0.2, 0.25) is 12.5 Å². The smallest absolute Gasteiger partial charge is 0.318 e. The maximum absolute atomic E-state index is 12.5. The summed E-state index contributed by atoms with van der Waals surface area (Å²) in [6.45, 7) is 20.6. The molecule has 0 bridgehead atoms. The van der Waals surface area contributed by atoms with Gasteiger partial charge in [-0.3, -0.25) is 4.79 Å². The third-order valence-corrected chi connectivity index (χ3v) is 9.30. The molecule has 42 heavy (non-hydrogen) atoms. The van der Waals surface area contributed by atoms with E-state index < -0.39 is 0 Å². The number of likely N-dealkylation sites (N-methyl/N-ethyl adjacent to an activating group) is 1. The molecule has 2 aromatic heterocycles. The van der Waals surface area contributed by atoms with Crippen LogP contribution >= 0.6 is 0 Å². The number of nitrogens with one attached hydrogen (secondary N) is 1. The van der Waals surface area contributed by atoms with Crippen LogP contribution < -0.4 is 14.5 Å². The molecule has 5 heterocycles. The Hall–Kier alpha value is -4.10. The highest BCUT2D eigenvalue weighted by Crippen LogP contribution is 2.37. The van der Waals surface area contributed by atoms with Crippen molar-refractivity contribution in [2.24, 2.45) is 0 Å². The number of amides is 1. The number of likely N-dealkylation sites (tertiary alicyclic amines) is 1. The molecule has 3 aromatic rings. The third kappa shape index (κ3) is 5.18. The van der Waals surface area contributed by atoms with Crippen LogP contribution in [0.2, 0.25) is 0 Å². The molecule has 2 fully saturated rings. The number of nitrogens with zero attached hydrogens (tertiary/aromatic N) is 7. The fourth-order valence-electron chi connectivity index (χ4n) is 6.81. The largest absolute Gasteiger partial charge is 0.462 e. The van der Waals surface area contributed by atoms with Crippen LogP contribution in [0, 0.1) is 20.4 Å².